The first-order valence-corrected chi connectivity index (χ1v) is 19.5. The van der Waals surface area contributed by atoms with Crippen LogP contribution in [0, 0.1) is 0 Å². The maximum absolute atomic E-state index is 13.8. The minimum absolute atomic E-state index is 0.104. The molecular weight excluding hydrogens is 667 g/mol. The highest BCUT2D eigenvalue weighted by molar-refractivity contribution is 7.90. The Morgan fingerprint density at radius 2 is 1.72 bits per heavy atom. The second-order valence-electron chi connectivity index (χ2n) is 11.4. The fourth-order valence-corrected chi connectivity index (χ4v) is 8.28. The van der Waals surface area contributed by atoms with Crippen molar-refractivity contribution in [1.82, 2.24) is 19.9 Å². The number of hydrogen-bond donors (Lipinski definition) is 4. The number of thiazole rings is 1. The topological polar surface area (TPSA) is 224 Å². The van der Waals surface area contributed by atoms with Crippen molar-refractivity contribution in [2.45, 2.75) is 56.0 Å². The molecule has 2 aromatic carbocycles. The number of rotatable bonds is 16. The van der Waals surface area contributed by atoms with Gasteiger partial charge in [-0.2, -0.15) is 0 Å². The number of carbonyl (C=O) groups excluding carboxylic acids is 3. The zero-order chi connectivity index (χ0) is 34.2. The molecule has 6 N–H and O–H groups in total. The number of benzene rings is 2. The molecule has 3 aromatic rings. The summed E-state index contributed by atoms with van der Waals surface area (Å²) in [5.41, 5.74) is 12.0. The molecule has 17 heteroatoms. The van der Waals surface area contributed by atoms with E-state index in [1.807, 2.05) is 12.1 Å². The zero-order valence-electron chi connectivity index (χ0n) is 25.9. The number of hydrogen-bond acceptors (Lipinski definition) is 10. The molecule has 1 saturated heterocycles. The second-order valence-corrected chi connectivity index (χ2v) is 16.4. The number of para-hydroxylation sites is 1. The predicted molar refractivity (Wildman–Crippen MR) is 181 cm³/mol. The van der Waals surface area contributed by atoms with Crippen molar-refractivity contribution < 1.29 is 31.2 Å². The number of ketones is 1. The van der Waals surface area contributed by atoms with Gasteiger partial charge in [-0.15, -0.1) is 11.3 Å². The highest BCUT2D eigenvalue weighted by Crippen LogP contribution is 2.25. The molecule has 2 unspecified atom stereocenters. The Morgan fingerprint density at radius 1 is 1.02 bits per heavy atom. The van der Waals surface area contributed by atoms with Crippen LogP contribution in [0.1, 0.15) is 47.5 Å². The van der Waals surface area contributed by atoms with Crippen LogP contribution in [-0.2, 0) is 35.2 Å². The lowest BCUT2D eigenvalue weighted by Crippen LogP contribution is -2.55. The summed E-state index contributed by atoms with van der Waals surface area (Å²) in [5.74, 6) is -2.68. The first kappa shape index (κ1) is 35.9. The smallest absolute Gasteiger partial charge is 0.243 e. The number of sulfonamides is 1. The Morgan fingerprint density at radius 3 is 2.40 bits per heavy atom. The summed E-state index contributed by atoms with van der Waals surface area (Å²) in [6.45, 7) is 0.370. The van der Waals surface area contributed by atoms with E-state index in [1.165, 1.54) is 16.2 Å². The molecule has 3 atom stereocenters. The van der Waals surface area contributed by atoms with Crippen molar-refractivity contribution in [3.05, 3.63) is 65.2 Å². The summed E-state index contributed by atoms with van der Waals surface area (Å²) in [6.07, 6.45) is 1.94. The highest BCUT2D eigenvalue weighted by Gasteiger charge is 2.40. The lowest BCUT2D eigenvalue weighted by atomic mass is 10.1. The maximum Gasteiger partial charge on any atom is 0.243 e. The predicted octanol–water partition coefficient (Wildman–Crippen LogP) is 0.931. The van der Waals surface area contributed by atoms with Gasteiger partial charge < -0.3 is 21.7 Å². The summed E-state index contributed by atoms with van der Waals surface area (Å²) in [4.78, 5) is 50.8. The molecular formula is C30H39N7O7S3. The van der Waals surface area contributed by atoms with Crippen molar-refractivity contribution in [2.75, 3.05) is 25.1 Å². The number of aliphatic imine (C=N–C) groups is 1. The van der Waals surface area contributed by atoms with Gasteiger partial charge in [-0.05, 0) is 49.8 Å². The summed E-state index contributed by atoms with van der Waals surface area (Å²) < 4.78 is 53.3. The zero-order valence-corrected chi connectivity index (χ0v) is 28.3. The molecule has 1 fully saturated rings. The van der Waals surface area contributed by atoms with Gasteiger partial charge in [0.1, 0.15) is 21.9 Å². The van der Waals surface area contributed by atoms with Crippen molar-refractivity contribution in [2.24, 2.45) is 16.5 Å². The van der Waals surface area contributed by atoms with E-state index >= 15 is 0 Å². The molecule has 0 aliphatic carbocycles. The Balaban J connectivity index is 1.53. The largest absolute Gasteiger partial charge is 0.370 e. The van der Waals surface area contributed by atoms with Gasteiger partial charge in [0, 0.05) is 19.3 Å². The Labute approximate surface area is 278 Å². The molecule has 2 heterocycles. The van der Waals surface area contributed by atoms with E-state index in [1.54, 1.807) is 42.5 Å². The minimum Gasteiger partial charge on any atom is -0.370 e. The van der Waals surface area contributed by atoms with Crippen LogP contribution in [0.5, 0.6) is 0 Å². The first-order chi connectivity index (χ1) is 22.2. The van der Waals surface area contributed by atoms with Crippen LogP contribution in [0.25, 0.3) is 10.2 Å². The number of likely N-dealkylation sites (tertiary alicyclic amines) is 1. The summed E-state index contributed by atoms with van der Waals surface area (Å²) >= 11 is 1.20. The molecule has 1 aliphatic heterocycles. The second kappa shape index (κ2) is 15.8. The maximum atomic E-state index is 13.8. The molecule has 1 aliphatic rings. The number of nitrogens with zero attached hydrogens (tertiary/aromatic N) is 3. The molecule has 1 aromatic heterocycles. The van der Waals surface area contributed by atoms with Crippen LogP contribution in [0.4, 0.5) is 0 Å². The van der Waals surface area contributed by atoms with Crippen LogP contribution >= 0.6 is 11.3 Å². The van der Waals surface area contributed by atoms with Gasteiger partial charge in [0.05, 0.1) is 27.8 Å². The lowest BCUT2D eigenvalue weighted by molar-refractivity contribution is -0.139. The Kier molecular flexibility index (Phi) is 12.1. The van der Waals surface area contributed by atoms with Crippen LogP contribution < -0.4 is 21.5 Å². The molecule has 0 radical (unpaired) electrons. The highest BCUT2D eigenvalue weighted by atomic mass is 32.2. The van der Waals surface area contributed by atoms with Crippen molar-refractivity contribution in [3.8, 4) is 0 Å². The molecule has 254 valence electrons. The van der Waals surface area contributed by atoms with Crippen LogP contribution in [0.15, 0.2) is 59.6 Å². The first-order valence-electron chi connectivity index (χ1n) is 15.0. The average molecular weight is 706 g/mol. The van der Waals surface area contributed by atoms with E-state index < -0.39 is 67.1 Å². The molecule has 47 heavy (non-hydrogen) atoms. The van der Waals surface area contributed by atoms with Gasteiger partial charge in [0.15, 0.2) is 11.0 Å². The molecule has 4 rings (SSSR count). The third-order valence-electron chi connectivity index (χ3n) is 7.52. The van der Waals surface area contributed by atoms with Crippen LogP contribution in [0.3, 0.4) is 0 Å². The van der Waals surface area contributed by atoms with Crippen molar-refractivity contribution in [3.63, 3.8) is 0 Å². The number of aromatic nitrogens is 1. The van der Waals surface area contributed by atoms with E-state index in [-0.39, 0.29) is 43.3 Å². The number of nitrogens with one attached hydrogen (secondary N) is 2. The molecule has 14 nitrogen and oxygen atoms in total. The van der Waals surface area contributed by atoms with Crippen LogP contribution in [-0.4, -0.2) is 93.5 Å². The van der Waals surface area contributed by atoms with Gasteiger partial charge in [-0.25, -0.2) is 26.5 Å². The number of nitrogens with two attached hydrogens (primary N) is 2. The van der Waals surface area contributed by atoms with E-state index in [0.29, 0.717) is 23.9 Å². The number of carbonyl (C=O) groups is 3. The van der Waals surface area contributed by atoms with Gasteiger partial charge in [0.25, 0.3) is 0 Å². The van der Waals surface area contributed by atoms with Gasteiger partial charge in [-0.3, -0.25) is 19.4 Å². The average Bonchev–Trinajstić information content (AvgIpc) is 3.68. The van der Waals surface area contributed by atoms with Gasteiger partial charge in [-0.1, -0.05) is 42.5 Å². The number of guanidine groups is 1. The number of Topliss-reactive ketones (excluding diaryl/α,β-unsaturated/α-hetero) is 1. The molecule has 0 spiro atoms. The number of amides is 2. The molecule has 2 amide bonds. The van der Waals surface area contributed by atoms with Gasteiger partial charge >= 0.3 is 0 Å². The van der Waals surface area contributed by atoms with E-state index in [9.17, 15) is 31.2 Å². The fraction of sp³-hybridized carbons (Fsp3) is 0.433. The Bertz CT molecular complexity index is 1790. The number of fused-ring (bicyclic) bond motifs is 1. The minimum atomic E-state index is -4.08. The third kappa shape index (κ3) is 10.5. The summed E-state index contributed by atoms with van der Waals surface area (Å²) in [7, 11) is -7.63. The molecule has 0 saturated carbocycles. The van der Waals surface area contributed by atoms with E-state index in [0.717, 1.165) is 11.0 Å². The van der Waals surface area contributed by atoms with E-state index in [2.05, 4.69) is 20.0 Å². The quantitative estimate of drug-likeness (QED) is 0.0714. The Hall–Kier alpha value is -3.93. The lowest BCUT2D eigenvalue weighted by Gasteiger charge is -2.29. The summed E-state index contributed by atoms with van der Waals surface area (Å²) in [5, 5.41) is 3.00. The fourth-order valence-electron chi connectivity index (χ4n) is 5.29. The van der Waals surface area contributed by atoms with E-state index in [4.69, 9.17) is 11.5 Å². The summed E-state index contributed by atoms with van der Waals surface area (Å²) in [6, 6.07) is 12.2. The third-order valence-corrected chi connectivity index (χ3v) is 10.9. The van der Waals surface area contributed by atoms with Gasteiger partial charge in [0.2, 0.25) is 27.6 Å². The van der Waals surface area contributed by atoms with Crippen molar-refractivity contribution >= 4 is 65.0 Å². The van der Waals surface area contributed by atoms with Crippen LogP contribution in [0.2, 0.25) is 0 Å². The molecule has 0 bridgehead atoms. The van der Waals surface area contributed by atoms with Crippen molar-refractivity contribution in [1.29, 1.82) is 0 Å². The monoisotopic (exact) mass is 705 g/mol. The normalized spacial score (nSPS) is 16.4. The SMILES string of the molecule is CS(=O)(=O)CCC(NS(=O)(=O)Cc1ccccc1)C(=O)N1CCC[C@H]1C(=O)NC(CCCN=C(N)N)C(=O)c1nc2ccccc2s1. The number of sulfone groups is 1. The standard InChI is InChI=1S/C30H39N7O7S3/c1-46(41,42)18-15-23(36-47(43,44)19-20-9-3-2-4-10-20)29(40)37-17-8-13-24(37)27(39)34-22(12-7-16-33-30(31)32)26(38)28-35-21-11-5-6-14-25(21)45-28/h2-6,9-11,14,22-24,36H,7-8,12-13,15-19H2,1H3,(H,34,39)(H4,31,32,33)/t22?,23?,24-/m0/s1.